The minimum atomic E-state index is -1.01. The Kier molecular flexibility index (Phi) is 7.20. The largest absolute Gasteiger partial charge is 0.480 e. The Balaban J connectivity index is 1.28. The van der Waals surface area contributed by atoms with Crippen molar-refractivity contribution in [1.82, 2.24) is 10.2 Å². The normalized spacial score (nSPS) is 20.1. The summed E-state index contributed by atoms with van der Waals surface area (Å²) in [6.45, 7) is 2.22. The highest BCUT2D eigenvalue weighted by molar-refractivity contribution is 5.84. The summed E-state index contributed by atoms with van der Waals surface area (Å²) in [6, 6.07) is 15.6. The lowest BCUT2D eigenvalue weighted by Crippen LogP contribution is -2.45. The van der Waals surface area contributed by atoms with Gasteiger partial charge in [-0.3, -0.25) is 4.79 Å². The molecule has 1 saturated carbocycles. The summed E-state index contributed by atoms with van der Waals surface area (Å²) in [7, 11) is 1.54. The molecule has 2 aliphatic carbocycles. The number of carbonyl (C=O) groups excluding carboxylic acids is 2. The van der Waals surface area contributed by atoms with E-state index in [4.69, 9.17) is 4.74 Å². The van der Waals surface area contributed by atoms with Crippen LogP contribution in [0.3, 0.4) is 0 Å². The first-order valence-electron chi connectivity index (χ1n) is 11.9. The standard InChI is InChI=1S/C27H32N2O5/c1-17(26(31)32)29(2)25(30)19-9-7-8-18(14-19)15-28-27(33)34-16-24-22-12-5-3-10-20(22)21-11-4-6-13-23(21)24/h3-6,10-13,17-19,24H,7-9,14-16H2,1-2H3,(H,28,33)(H,31,32). The highest BCUT2D eigenvalue weighted by Gasteiger charge is 2.33. The molecule has 3 unspecified atom stereocenters. The molecule has 0 radical (unpaired) electrons. The highest BCUT2D eigenvalue weighted by Crippen LogP contribution is 2.44. The lowest BCUT2D eigenvalue weighted by molar-refractivity contribution is -0.150. The molecule has 0 spiro atoms. The van der Waals surface area contributed by atoms with Crippen molar-refractivity contribution in [2.75, 3.05) is 20.2 Å². The number of benzene rings is 2. The second-order valence-electron chi connectivity index (χ2n) is 9.40. The molecule has 180 valence electrons. The summed E-state index contributed by atoms with van der Waals surface area (Å²) in [5.74, 6) is -1.19. The summed E-state index contributed by atoms with van der Waals surface area (Å²) in [5, 5.41) is 12.1. The zero-order chi connectivity index (χ0) is 24.2. The van der Waals surface area contributed by atoms with E-state index in [0.29, 0.717) is 13.0 Å². The van der Waals surface area contributed by atoms with Crippen molar-refractivity contribution in [3.8, 4) is 11.1 Å². The number of aliphatic carboxylic acids is 1. The summed E-state index contributed by atoms with van der Waals surface area (Å²) < 4.78 is 5.61. The van der Waals surface area contributed by atoms with E-state index in [0.717, 1.165) is 19.3 Å². The van der Waals surface area contributed by atoms with Crippen molar-refractivity contribution in [1.29, 1.82) is 0 Å². The number of ether oxygens (including phenoxy) is 1. The Hall–Kier alpha value is -3.35. The molecule has 3 atom stereocenters. The van der Waals surface area contributed by atoms with E-state index in [2.05, 4.69) is 29.6 Å². The van der Waals surface area contributed by atoms with Gasteiger partial charge in [0.15, 0.2) is 0 Å². The minimum absolute atomic E-state index is 0.0154. The number of nitrogens with one attached hydrogen (secondary N) is 1. The van der Waals surface area contributed by atoms with Crippen LogP contribution in [0.15, 0.2) is 48.5 Å². The predicted octanol–water partition coefficient (Wildman–Crippen LogP) is 4.26. The van der Waals surface area contributed by atoms with Crippen molar-refractivity contribution in [2.45, 2.75) is 44.6 Å². The first-order valence-corrected chi connectivity index (χ1v) is 11.9. The Morgan fingerprint density at radius 1 is 1.06 bits per heavy atom. The number of hydrogen-bond donors (Lipinski definition) is 2. The SMILES string of the molecule is CC(C(=O)O)N(C)C(=O)C1CCCC(CNC(=O)OCC2c3ccccc3-c3ccccc32)C1. The number of nitrogens with zero attached hydrogens (tertiary/aromatic N) is 1. The Morgan fingerprint density at radius 2 is 1.68 bits per heavy atom. The molecule has 0 aliphatic heterocycles. The van der Waals surface area contributed by atoms with Gasteiger partial charge in [-0.25, -0.2) is 9.59 Å². The lowest BCUT2D eigenvalue weighted by atomic mass is 9.80. The van der Waals surface area contributed by atoms with E-state index < -0.39 is 18.1 Å². The van der Waals surface area contributed by atoms with Gasteiger partial charge in [0.2, 0.25) is 5.91 Å². The third kappa shape index (κ3) is 4.93. The summed E-state index contributed by atoms with van der Waals surface area (Å²) >= 11 is 0. The average Bonchev–Trinajstić information content (AvgIpc) is 3.18. The highest BCUT2D eigenvalue weighted by atomic mass is 16.5. The monoisotopic (exact) mass is 464 g/mol. The van der Waals surface area contributed by atoms with E-state index in [-0.39, 0.29) is 30.3 Å². The number of carbonyl (C=O) groups is 3. The van der Waals surface area contributed by atoms with Gasteiger partial charge in [0.1, 0.15) is 12.6 Å². The lowest BCUT2D eigenvalue weighted by Gasteiger charge is -2.32. The van der Waals surface area contributed by atoms with Crippen LogP contribution in [0.5, 0.6) is 0 Å². The fourth-order valence-electron chi connectivity index (χ4n) is 5.22. The molecule has 1 fully saturated rings. The number of fused-ring (bicyclic) bond motifs is 3. The molecular weight excluding hydrogens is 432 g/mol. The molecule has 0 saturated heterocycles. The van der Waals surface area contributed by atoms with E-state index >= 15 is 0 Å². The van der Waals surface area contributed by atoms with Crippen LogP contribution in [-0.4, -0.2) is 54.2 Å². The number of carboxylic acids is 1. The molecule has 2 aromatic carbocycles. The molecule has 2 aliphatic rings. The Bertz CT molecular complexity index is 1020. The Labute approximate surface area is 200 Å². The summed E-state index contributed by atoms with van der Waals surface area (Å²) in [6.07, 6.45) is 2.73. The summed E-state index contributed by atoms with van der Waals surface area (Å²) in [5.41, 5.74) is 4.72. The molecule has 0 aromatic heterocycles. The fraction of sp³-hybridized carbons (Fsp3) is 0.444. The van der Waals surface area contributed by atoms with Gasteiger partial charge in [-0.1, -0.05) is 55.0 Å². The molecule has 2 aromatic rings. The minimum Gasteiger partial charge on any atom is -0.480 e. The third-order valence-electron chi connectivity index (χ3n) is 7.30. The fourth-order valence-corrected chi connectivity index (χ4v) is 5.22. The van der Waals surface area contributed by atoms with Crippen molar-refractivity contribution in [3.05, 3.63) is 59.7 Å². The van der Waals surface area contributed by atoms with Crippen LogP contribution in [0.1, 0.15) is 49.7 Å². The van der Waals surface area contributed by atoms with Crippen molar-refractivity contribution >= 4 is 18.0 Å². The molecule has 4 rings (SSSR count). The number of alkyl carbamates (subject to hydrolysis) is 1. The number of likely N-dealkylation sites (N-methyl/N-ethyl adjacent to an activating group) is 1. The molecule has 2 N–H and O–H groups in total. The average molecular weight is 465 g/mol. The quantitative estimate of drug-likeness (QED) is 0.638. The van der Waals surface area contributed by atoms with Gasteiger partial charge in [-0.15, -0.1) is 0 Å². The summed E-state index contributed by atoms with van der Waals surface area (Å²) in [4.78, 5) is 37.7. The first kappa shape index (κ1) is 23.8. The van der Waals surface area contributed by atoms with Gasteiger partial charge >= 0.3 is 12.1 Å². The molecule has 7 nitrogen and oxygen atoms in total. The maximum atomic E-state index is 12.7. The van der Waals surface area contributed by atoms with Crippen LogP contribution in [0, 0.1) is 11.8 Å². The van der Waals surface area contributed by atoms with Gasteiger partial charge in [0, 0.05) is 25.4 Å². The van der Waals surface area contributed by atoms with Crippen LogP contribution in [0.25, 0.3) is 11.1 Å². The zero-order valence-corrected chi connectivity index (χ0v) is 19.7. The van der Waals surface area contributed by atoms with Gasteiger partial charge in [-0.05, 0) is 54.4 Å². The van der Waals surface area contributed by atoms with Gasteiger partial charge in [0.25, 0.3) is 0 Å². The number of hydrogen-bond acceptors (Lipinski definition) is 4. The molecule has 2 amide bonds. The predicted molar refractivity (Wildman–Crippen MR) is 128 cm³/mol. The zero-order valence-electron chi connectivity index (χ0n) is 19.7. The van der Waals surface area contributed by atoms with Crippen LogP contribution in [-0.2, 0) is 14.3 Å². The van der Waals surface area contributed by atoms with Gasteiger partial charge in [-0.2, -0.15) is 0 Å². The first-order chi connectivity index (χ1) is 16.4. The van der Waals surface area contributed by atoms with Gasteiger partial charge < -0.3 is 20.1 Å². The van der Waals surface area contributed by atoms with Crippen molar-refractivity contribution in [2.24, 2.45) is 11.8 Å². The maximum absolute atomic E-state index is 12.7. The van der Waals surface area contributed by atoms with E-state index in [1.807, 2.05) is 24.3 Å². The van der Waals surface area contributed by atoms with Crippen molar-refractivity contribution in [3.63, 3.8) is 0 Å². The maximum Gasteiger partial charge on any atom is 0.407 e. The second-order valence-corrected chi connectivity index (χ2v) is 9.40. The number of carboxylic acid groups (broad SMARTS) is 1. The topological polar surface area (TPSA) is 95.9 Å². The smallest absolute Gasteiger partial charge is 0.407 e. The van der Waals surface area contributed by atoms with Crippen molar-refractivity contribution < 1.29 is 24.2 Å². The number of amides is 2. The molecule has 0 bridgehead atoms. The molecule has 0 heterocycles. The van der Waals surface area contributed by atoms with Crippen LogP contribution in [0.2, 0.25) is 0 Å². The Morgan fingerprint density at radius 3 is 2.29 bits per heavy atom. The van der Waals surface area contributed by atoms with Crippen LogP contribution in [0.4, 0.5) is 4.79 Å². The third-order valence-corrected chi connectivity index (χ3v) is 7.30. The van der Waals surface area contributed by atoms with Crippen LogP contribution < -0.4 is 5.32 Å². The van der Waals surface area contributed by atoms with E-state index in [1.54, 1.807) is 7.05 Å². The van der Waals surface area contributed by atoms with Crippen LogP contribution >= 0.6 is 0 Å². The molecule has 34 heavy (non-hydrogen) atoms. The molecular formula is C27H32N2O5. The van der Waals surface area contributed by atoms with E-state index in [9.17, 15) is 19.5 Å². The second kappa shape index (κ2) is 10.3. The van der Waals surface area contributed by atoms with Gasteiger partial charge in [0.05, 0.1) is 0 Å². The van der Waals surface area contributed by atoms with E-state index in [1.165, 1.54) is 34.1 Å². The number of rotatable bonds is 7. The molecule has 7 heteroatoms.